The fourth-order valence-electron chi connectivity index (χ4n) is 21.0. The number of fused-ring (bicyclic) bond motifs is 10. The Hall–Kier alpha value is -12.5. The summed E-state index contributed by atoms with van der Waals surface area (Å²) in [5.74, 6) is 1.44. The number of morpholine rings is 1. The van der Waals surface area contributed by atoms with Crippen molar-refractivity contribution in [1.82, 2.24) is 57.6 Å². The quantitative estimate of drug-likeness (QED) is 0.125. The molecule has 0 spiro atoms. The molecule has 23 rings (SSSR count). The zero-order valence-corrected chi connectivity index (χ0v) is 74.5. The predicted octanol–water partition coefficient (Wildman–Crippen LogP) is 16.1. The third-order valence-corrected chi connectivity index (χ3v) is 27.5. The largest absolute Gasteiger partial charge is 0.422 e. The van der Waals surface area contributed by atoms with E-state index in [1.165, 1.54) is 19.4 Å². The molecule has 0 amide bonds. The number of benzene rings is 4. The first-order chi connectivity index (χ1) is 61.3. The van der Waals surface area contributed by atoms with Gasteiger partial charge >= 0.3 is 22.5 Å². The van der Waals surface area contributed by atoms with Gasteiger partial charge < -0.3 is 69.8 Å². The second-order valence-corrected chi connectivity index (χ2v) is 36.7. The Balaban J connectivity index is 0.000000107. The Morgan fingerprint density at radius 1 is 0.386 bits per heavy atom. The summed E-state index contributed by atoms with van der Waals surface area (Å²) in [6, 6.07) is 43.6. The van der Waals surface area contributed by atoms with Crippen molar-refractivity contribution in [3.8, 4) is 44.5 Å². The number of ether oxygens (including phenoxy) is 1. The average Bonchev–Trinajstić information content (AvgIpc) is 1.69. The van der Waals surface area contributed by atoms with Crippen LogP contribution in [-0.4, -0.2) is 188 Å². The van der Waals surface area contributed by atoms with Gasteiger partial charge in [-0.2, -0.15) is 0 Å². The van der Waals surface area contributed by atoms with Gasteiger partial charge in [0.25, 0.3) is 0 Å². The molecule has 7 aliphatic heterocycles. The molecule has 7 saturated heterocycles. The van der Waals surface area contributed by atoms with E-state index in [0.29, 0.717) is 80.7 Å². The SMILES string of the molecule is Cc1cn2cc(-c3cc4ccc(N5CCC(N6CCOCC6)C5)cc4oc3=O)cc2c(C)n1.Cc1cn2cc(-c3cc4ccc(N5CCCN(C(C)C)CC5)cc4oc3=O)cc2c(C)n1.Cc1cn2cc(-c3cc4ccc(N5C[C@H]6CC(C)N[C@H]6C5)cc4oc3=O)cc2c(C)n1.Cc1cn2cc(-c3cc4ccc(N5C[C@H]6CCN(C)[C@H]6C5)cc4oc3=O)cc2c(C)n1. The predicted molar refractivity (Wildman–Crippen MR) is 505 cm³/mol. The molecule has 0 aliphatic carbocycles. The topological polar surface area (TPSA) is 234 Å². The first-order valence-electron chi connectivity index (χ1n) is 45.0. The summed E-state index contributed by atoms with van der Waals surface area (Å²) in [6.45, 7) is 37.8. The molecule has 1 N–H and O–H groups in total. The van der Waals surface area contributed by atoms with Crippen molar-refractivity contribution in [1.29, 1.82) is 0 Å². The summed E-state index contributed by atoms with van der Waals surface area (Å²) in [6.07, 6.45) is 20.6. The van der Waals surface area contributed by atoms with Crippen LogP contribution in [0.5, 0.6) is 0 Å². The summed E-state index contributed by atoms with van der Waals surface area (Å²) in [5.41, 5.74) is 23.1. The van der Waals surface area contributed by atoms with Crippen LogP contribution in [0.2, 0.25) is 0 Å². The lowest BCUT2D eigenvalue weighted by molar-refractivity contribution is 0.0209. The molecule has 127 heavy (non-hydrogen) atoms. The number of hydrogen-bond acceptors (Lipinski definition) is 21. The van der Waals surface area contributed by atoms with Gasteiger partial charge in [-0.05, 0) is 224 Å². The maximum atomic E-state index is 12.9. The van der Waals surface area contributed by atoms with Crippen LogP contribution in [0.1, 0.15) is 92.0 Å². The lowest BCUT2D eigenvalue weighted by Gasteiger charge is -2.32. The number of likely N-dealkylation sites (tertiary alicyclic amines) is 1. The standard InChI is InChI=1S/C26H28N4O3.C26H30N4O2.2C25H26N4O2/c1-17-14-30-15-20(12-24(30)18(2)27-17)23-11-19-3-4-21(13-25(19)33-26(23)31)29-6-5-22(16-29)28-7-9-32-10-8-28;1-17(2)28-8-5-9-29(11-10-28)22-7-6-20-12-23(26(31)32-25(20)14-22)21-13-24-19(4)27-18(3)15-30(24)16-21;1-14-6-19-12-28(13-22(19)27-14)20-5-4-17-7-21(25(30)31-24(17)9-20)18-8-23-16(3)26-15(2)10-29(23)11-18;1-15-11-29-13-19(9-22(29)16(2)26-15)21-8-17-4-5-20(10-24(17)31-25(21)30)28-12-18-6-7-27(3)23(18)14-28/h3-4,11-15,22H,5-10,16H2,1-2H3;6-7,12-17H,5,8-11H2,1-4H3;4-5,7-11,14,19,22,27H,6,12-13H2,1-3H3;4-5,8-11,13,18,23H,6-7,12,14H2,1-3H3/t;;14?,19-,22+;18-,23+/m..11/s1. The number of hydrogen-bond donors (Lipinski definition) is 1. The van der Waals surface area contributed by atoms with Gasteiger partial charge in [0.15, 0.2) is 0 Å². The smallest absolute Gasteiger partial charge is 0.344 e. The zero-order valence-electron chi connectivity index (χ0n) is 74.5. The third kappa shape index (κ3) is 16.5. The van der Waals surface area contributed by atoms with Crippen LogP contribution in [0, 0.1) is 67.2 Å². The van der Waals surface area contributed by atoms with Crippen LogP contribution < -0.4 is 47.4 Å². The van der Waals surface area contributed by atoms with E-state index in [4.69, 9.17) is 22.4 Å². The highest BCUT2D eigenvalue weighted by Crippen LogP contribution is 2.39. The number of nitrogens with zero attached hydrogens (tertiary/aromatic N) is 15. The molecule has 2 unspecified atom stereocenters. The Labute approximate surface area is 736 Å². The molecule has 4 aromatic carbocycles. The highest BCUT2D eigenvalue weighted by atomic mass is 16.5. The van der Waals surface area contributed by atoms with Crippen molar-refractivity contribution >= 4 is 88.7 Å². The van der Waals surface area contributed by atoms with E-state index in [1.54, 1.807) is 0 Å². The van der Waals surface area contributed by atoms with E-state index in [0.717, 1.165) is 245 Å². The molecule has 7 aliphatic rings. The summed E-state index contributed by atoms with van der Waals surface area (Å²) in [7, 11) is 2.22. The molecular weight excluding hydrogens is 1590 g/mol. The van der Waals surface area contributed by atoms with E-state index in [2.05, 4.69) is 136 Å². The van der Waals surface area contributed by atoms with Gasteiger partial charge in [-0.1, -0.05) is 0 Å². The van der Waals surface area contributed by atoms with E-state index >= 15 is 0 Å². The minimum absolute atomic E-state index is 0.305. The van der Waals surface area contributed by atoms with Crippen molar-refractivity contribution in [2.24, 2.45) is 11.8 Å². The van der Waals surface area contributed by atoms with Crippen LogP contribution in [0.4, 0.5) is 22.7 Å². The number of rotatable bonds is 10. The van der Waals surface area contributed by atoms with Crippen LogP contribution in [0.25, 0.3) is 110 Å². The average molecular weight is 1700 g/mol. The van der Waals surface area contributed by atoms with E-state index in [1.807, 2.05) is 195 Å². The van der Waals surface area contributed by atoms with Gasteiger partial charge in [0.2, 0.25) is 0 Å². The minimum atomic E-state index is -0.314. The van der Waals surface area contributed by atoms with Crippen LogP contribution in [0.15, 0.2) is 208 Å². The molecule has 652 valence electrons. The van der Waals surface area contributed by atoms with E-state index in [9.17, 15) is 19.2 Å². The van der Waals surface area contributed by atoms with Gasteiger partial charge in [0.1, 0.15) is 22.3 Å². The molecule has 0 bridgehead atoms. The van der Waals surface area contributed by atoms with Gasteiger partial charge in [0, 0.05) is 249 Å². The maximum Gasteiger partial charge on any atom is 0.344 e. The summed E-state index contributed by atoms with van der Waals surface area (Å²) in [5, 5.41) is 7.42. The normalized spacial score (nSPS) is 20.0. The van der Waals surface area contributed by atoms with E-state index in [-0.39, 0.29) is 22.5 Å². The van der Waals surface area contributed by atoms with Crippen molar-refractivity contribution in [3.05, 3.63) is 258 Å². The monoisotopic (exact) mass is 1700 g/mol. The number of aryl methyl sites for hydroxylation is 8. The van der Waals surface area contributed by atoms with Gasteiger partial charge in [-0.25, -0.2) is 19.2 Å². The second-order valence-electron chi connectivity index (χ2n) is 36.7. The van der Waals surface area contributed by atoms with E-state index < -0.39 is 0 Å². The molecule has 16 aromatic rings. The number of anilines is 4. The molecule has 7 fully saturated rings. The lowest BCUT2D eigenvalue weighted by atomic mass is 10.0. The Bertz CT molecular complexity index is 7210. The molecule has 6 atom stereocenters. The molecular formula is C102H110N16O9. The van der Waals surface area contributed by atoms with Crippen LogP contribution in [-0.2, 0) is 4.74 Å². The van der Waals surface area contributed by atoms with Gasteiger partial charge in [-0.3, -0.25) is 29.7 Å². The molecule has 0 radical (unpaired) electrons. The Morgan fingerprint density at radius 3 is 1.18 bits per heavy atom. The minimum Gasteiger partial charge on any atom is -0.422 e. The van der Waals surface area contributed by atoms with Crippen LogP contribution in [0.3, 0.4) is 0 Å². The molecule has 25 nitrogen and oxygen atoms in total. The third-order valence-electron chi connectivity index (χ3n) is 27.5. The van der Waals surface area contributed by atoms with Crippen molar-refractivity contribution < 1.29 is 22.4 Å². The first-order valence-corrected chi connectivity index (χ1v) is 45.0. The maximum absolute atomic E-state index is 12.9. The summed E-state index contributed by atoms with van der Waals surface area (Å²) < 4.78 is 36.8. The second kappa shape index (κ2) is 33.7. The van der Waals surface area contributed by atoms with Gasteiger partial charge in [-0.15, -0.1) is 0 Å². The van der Waals surface area contributed by atoms with Crippen LogP contribution >= 0.6 is 0 Å². The fraction of sp³-hybridized carbons (Fsp3) is 0.373. The number of nitrogens with one attached hydrogen (secondary N) is 1. The summed E-state index contributed by atoms with van der Waals surface area (Å²) in [4.78, 5) is 86.9. The fourth-order valence-corrected chi connectivity index (χ4v) is 21.0. The van der Waals surface area contributed by atoms with Gasteiger partial charge in [0.05, 0.1) is 103 Å². The van der Waals surface area contributed by atoms with Crippen molar-refractivity contribution in [2.75, 3.05) is 125 Å². The Morgan fingerprint density at radius 2 is 0.780 bits per heavy atom. The highest BCUT2D eigenvalue weighted by Gasteiger charge is 2.41. The molecule has 0 saturated carbocycles. The zero-order chi connectivity index (χ0) is 87.5. The molecule has 19 heterocycles. The first kappa shape index (κ1) is 82.7. The Kier molecular flexibility index (Phi) is 21.9. The number of likely N-dealkylation sites (N-methyl/N-ethyl adjacent to an activating group) is 1. The lowest BCUT2D eigenvalue weighted by Crippen LogP contribution is -2.44. The van der Waals surface area contributed by atoms with Crippen molar-refractivity contribution in [2.45, 2.75) is 132 Å². The highest BCUT2D eigenvalue weighted by molar-refractivity contribution is 5.90. The molecule has 25 heteroatoms. The molecule has 12 aromatic heterocycles. The van der Waals surface area contributed by atoms with Crippen molar-refractivity contribution in [3.63, 3.8) is 0 Å². The number of aromatic nitrogens is 8. The summed E-state index contributed by atoms with van der Waals surface area (Å²) >= 11 is 0.